The first-order valence-corrected chi connectivity index (χ1v) is 4.70. The van der Waals surface area contributed by atoms with Crippen LogP contribution < -0.4 is 11.0 Å². The summed E-state index contributed by atoms with van der Waals surface area (Å²) in [6, 6.07) is 0.272. The van der Waals surface area contributed by atoms with Crippen LogP contribution in [0.5, 0.6) is 0 Å². The van der Waals surface area contributed by atoms with Gasteiger partial charge in [0.1, 0.15) is 6.33 Å². The molecule has 72 valence electrons. The molecule has 2 heterocycles. The van der Waals surface area contributed by atoms with E-state index < -0.39 is 0 Å². The molecule has 1 aliphatic heterocycles. The molecule has 0 saturated carbocycles. The molecular formula is C8H14N4O. The average molecular weight is 182 g/mol. The van der Waals surface area contributed by atoms with Crippen LogP contribution in [0.1, 0.15) is 25.3 Å². The number of H-pyrrole nitrogens is 1. The Morgan fingerprint density at radius 2 is 2.46 bits per heavy atom. The van der Waals surface area contributed by atoms with Gasteiger partial charge in [0.2, 0.25) is 0 Å². The first-order valence-electron chi connectivity index (χ1n) is 4.70. The van der Waals surface area contributed by atoms with Crippen molar-refractivity contribution in [1.82, 2.24) is 20.1 Å². The van der Waals surface area contributed by atoms with Gasteiger partial charge in [-0.25, -0.2) is 9.89 Å². The third-order valence-corrected chi connectivity index (χ3v) is 2.49. The van der Waals surface area contributed by atoms with Gasteiger partial charge in [0.05, 0.1) is 6.04 Å². The van der Waals surface area contributed by atoms with E-state index in [9.17, 15) is 4.79 Å². The van der Waals surface area contributed by atoms with Gasteiger partial charge in [-0.3, -0.25) is 4.57 Å². The van der Waals surface area contributed by atoms with Gasteiger partial charge >= 0.3 is 5.69 Å². The van der Waals surface area contributed by atoms with Crippen molar-refractivity contribution in [1.29, 1.82) is 0 Å². The molecule has 13 heavy (non-hydrogen) atoms. The van der Waals surface area contributed by atoms with Crippen molar-refractivity contribution < 1.29 is 0 Å². The molecule has 1 aromatic heterocycles. The second-order valence-corrected chi connectivity index (χ2v) is 3.42. The van der Waals surface area contributed by atoms with Crippen LogP contribution in [0.2, 0.25) is 0 Å². The van der Waals surface area contributed by atoms with E-state index in [-0.39, 0.29) is 11.7 Å². The molecule has 2 N–H and O–H groups in total. The number of nitrogens with zero attached hydrogens (tertiary/aromatic N) is 2. The van der Waals surface area contributed by atoms with Gasteiger partial charge in [0, 0.05) is 6.54 Å². The number of aromatic nitrogens is 3. The molecule has 0 spiro atoms. The fraction of sp³-hybridized carbons (Fsp3) is 0.750. The van der Waals surface area contributed by atoms with Crippen molar-refractivity contribution in [2.75, 3.05) is 13.1 Å². The van der Waals surface area contributed by atoms with Crippen molar-refractivity contribution in [2.45, 2.75) is 25.3 Å². The van der Waals surface area contributed by atoms with Crippen molar-refractivity contribution in [3.8, 4) is 0 Å². The van der Waals surface area contributed by atoms with E-state index in [1.807, 2.05) is 0 Å². The maximum absolute atomic E-state index is 11.2. The highest BCUT2D eigenvalue weighted by Crippen LogP contribution is 2.14. The van der Waals surface area contributed by atoms with Crippen LogP contribution >= 0.6 is 0 Å². The summed E-state index contributed by atoms with van der Waals surface area (Å²) >= 11 is 0. The largest absolute Gasteiger partial charge is 0.343 e. The molecule has 1 aromatic rings. The van der Waals surface area contributed by atoms with Crippen molar-refractivity contribution in [3.05, 3.63) is 16.8 Å². The summed E-state index contributed by atoms with van der Waals surface area (Å²) in [5.74, 6) is 0. The average Bonchev–Trinajstić information content (AvgIpc) is 2.43. The lowest BCUT2D eigenvalue weighted by atomic mass is 10.1. The van der Waals surface area contributed by atoms with E-state index in [1.54, 1.807) is 10.9 Å². The number of aromatic amines is 1. The maximum atomic E-state index is 11.2. The Bertz CT molecular complexity index is 308. The minimum absolute atomic E-state index is 0.103. The number of rotatable bonds is 1. The Morgan fingerprint density at radius 1 is 1.54 bits per heavy atom. The summed E-state index contributed by atoms with van der Waals surface area (Å²) in [5.41, 5.74) is -0.103. The molecule has 0 aromatic carbocycles. The molecule has 0 bridgehead atoms. The molecule has 1 saturated heterocycles. The SMILES string of the molecule is O=c1[nH]ncn1C1CCCCNC1. The van der Waals surface area contributed by atoms with Crippen LogP contribution in [0, 0.1) is 0 Å². The smallest absolute Gasteiger partial charge is 0.315 e. The van der Waals surface area contributed by atoms with Crippen LogP contribution in [0.3, 0.4) is 0 Å². The third kappa shape index (κ3) is 1.80. The Labute approximate surface area is 76.2 Å². The molecule has 1 unspecified atom stereocenters. The third-order valence-electron chi connectivity index (χ3n) is 2.49. The number of hydrogen-bond acceptors (Lipinski definition) is 3. The molecule has 1 aliphatic rings. The summed E-state index contributed by atoms with van der Waals surface area (Å²) in [4.78, 5) is 11.2. The fourth-order valence-electron chi connectivity index (χ4n) is 1.75. The Hall–Kier alpha value is -1.10. The minimum Gasteiger partial charge on any atom is -0.315 e. The van der Waals surface area contributed by atoms with E-state index in [2.05, 4.69) is 15.5 Å². The van der Waals surface area contributed by atoms with Gasteiger partial charge in [-0.05, 0) is 19.4 Å². The van der Waals surface area contributed by atoms with Gasteiger partial charge in [-0.15, -0.1) is 0 Å². The van der Waals surface area contributed by atoms with E-state index in [0.29, 0.717) is 0 Å². The van der Waals surface area contributed by atoms with Crippen LogP contribution in [-0.2, 0) is 0 Å². The van der Waals surface area contributed by atoms with Crippen LogP contribution in [0.15, 0.2) is 11.1 Å². The molecule has 0 aliphatic carbocycles. The molecule has 0 amide bonds. The zero-order chi connectivity index (χ0) is 9.10. The molecule has 5 heteroatoms. The normalized spacial score (nSPS) is 24.2. The van der Waals surface area contributed by atoms with E-state index in [1.165, 1.54) is 12.8 Å². The summed E-state index contributed by atoms with van der Waals surface area (Å²) < 4.78 is 1.68. The first-order chi connectivity index (χ1) is 6.38. The zero-order valence-electron chi connectivity index (χ0n) is 7.49. The highest BCUT2D eigenvalue weighted by Gasteiger charge is 2.14. The van der Waals surface area contributed by atoms with Crippen LogP contribution in [-0.4, -0.2) is 27.9 Å². The Kier molecular flexibility index (Phi) is 2.44. The van der Waals surface area contributed by atoms with Gasteiger partial charge < -0.3 is 5.32 Å². The van der Waals surface area contributed by atoms with E-state index >= 15 is 0 Å². The lowest BCUT2D eigenvalue weighted by molar-refractivity contribution is 0.450. The summed E-state index contributed by atoms with van der Waals surface area (Å²) in [7, 11) is 0. The van der Waals surface area contributed by atoms with Gasteiger partial charge in [-0.1, -0.05) is 6.42 Å². The second-order valence-electron chi connectivity index (χ2n) is 3.42. The van der Waals surface area contributed by atoms with Crippen molar-refractivity contribution >= 4 is 0 Å². The predicted octanol–water partition coefficient (Wildman–Crippen LogP) is -0.114. The van der Waals surface area contributed by atoms with Gasteiger partial charge in [0.25, 0.3) is 0 Å². The van der Waals surface area contributed by atoms with E-state index in [0.717, 1.165) is 19.5 Å². The summed E-state index contributed by atoms with van der Waals surface area (Å²) in [5, 5.41) is 9.45. The maximum Gasteiger partial charge on any atom is 0.343 e. The molecule has 2 rings (SSSR count). The quantitative estimate of drug-likeness (QED) is 0.636. The second kappa shape index (κ2) is 3.74. The molecule has 5 nitrogen and oxygen atoms in total. The van der Waals surface area contributed by atoms with Crippen molar-refractivity contribution in [3.63, 3.8) is 0 Å². The van der Waals surface area contributed by atoms with E-state index in [4.69, 9.17) is 0 Å². The highest BCUT2D eigenvalue weighted by atomic mass is 16.1. The molecular weight excluding hydrogens is 168 g/mol. The number of nitrogens with one attached hydrogen (secondary N) is 2. The molecule has 1 fully saturated rings. The Balaban J connectivity index is 2.15. The predicted molar refractivity (Wildman–Crippen MR) is 48.6 cm³/mol. The summed E-state index contributed by atoms with van der Waals surface area (Å²) in [6.45, 7) is 1.93. The van der Waals surface area contributed by atoms with Gasteiger partial charge in [-0.2, -0.15) is 5.10 Å². The number of hydrogen-bond donors (Lipinski definition) is 2. The monoisotopic (exact) mass is 182 g/mol. The first kappa shape index (κ1) is 8.50. The topological polar surface area (TPSA) is 62.7 Å². The molecule has 1 atom stereocenters. The zero-order valence-corrected chi connectivity index (χ0v) is 7.49. The van der Waals surface area contributed by atoms with Gasteiger partial charge in [0.15, 0.2) is 0 Å². The minimum atomic E-state index is -0.103. The van der Waals surface area contributed by atoms with Crippen molar-refractivity contribution in [2.24, 2.45) is 0 Å². The summed E-state index contributed by atoms with van der Waals surface area (Å²) in [6.07, 6.45) is 5.02. The van der Waals surface area contributed by atoms with Crippen LogP contribution in [0.4, 0.5) is 0 Å². The lowest BCUT2D eigenvalue weighted by Gasteiger charge is -2.13. The standard InChI is InChI=1S/C8H14N4O/c13-8-11-10-6-12(8)7-3-1-2-4-9-5-7/h6-7,9H,1-5H2,(H,11,13). The lowest BCUT2D eigenvalue weighted by Crippen LogP contribution is -2.29. The molecule has 0 radical (unpaired) electrons. The fourth-order valence-corrected chi connectivity index (χ4v) is 1.75. The Morgan fingerprint density at radius 3 is 3.23 bits per heavy atom. The highest BCUT2D eigenvalue weighted by molar-refractivity contribution is 4.77. The van der Waals surface area contributed by atoms with Crippen LogP contribution in [0.25, 0.3) is 0 Å².